The van der Waals surface area contributed by atoms with E-state index in [-0.39, 0.29) is 23.5 Å². The molecule has 3 aromatic rings. The smallest absolute Gasteiger partial charge is 0.338 e. The van der Waals surface area contributed by atoms with Gasteiger partial charge in [0.05, 0.1) is 30.9 Å². The summed E-state index contributed by atoms with van der Waals surface area (Å²) in [5.41, 5.74) is 1.32. The normalized spacial score (nSPS) is 16.9. The van der Waals surface area contributed by atoms with Gasteiger partial charge in [-0.25, -0.2) is 4.79 Å². The minimum Gasteiger partial charge on any atom is -0.507 e. The second-order valence-corrected chi connectivity index (χ2v) is 8.16. The van der Waals surface area contributed by atoms with Crippen LogP contribution in [0.5, 0.6) is 5.75 Å². The van der Waals surface area contributed by atoms with Crippen LogP contribution >= 0.6 is 11.6 Å². The predicted molar refractivity (Wildman–Crippen MR) is 132 cm³/mol. The van der Waals surface area contributed by atoms with E-state index < -0.39 is 23.7 Å². The van der Waals surface area contributed by atoms with Crippen molar-refractivity contribution < 1.29 is 29.0 Å². The number of benzene rings is 3. The molecule has 1 saturated heterocycles. The molecule has 1 heterocycles. The Morgan fingerprint density at radius 3 is 2.40 bits per heavy atom. The van der Waals surface area contributed by atoms with Crippen molar-refractivity contribution in [3.8, 4) is 5.75 Å². The van der Waals surface area contributed by atoms with Crippen LogP contribution in [0.2, 0.25) is 5.02 Å². The molecule has 7 nitrogen and oxygen atoms in total. The van der Waals surface area contributed by atoms with Crippen molar-refractivity contribution in [3.63, 3.8) is 0 Å². The van der Waals surface area contributed by atoms with E-state index in [1.165, 1.54) is 18.1 Å². The second-order valence-electron chi connectivity index (χ2n) is 7.72. The Morgan fingerprint density at radius 2 is 1.71 bits per heavy atom. The molecule has 0 saturated carbocycles. The van der Waals surface area contributed by atoms with Gasteiger partial charge in [0.15, 0.2) is 0 Å². The number of aliphatic hydroxyl groups excluding tert-OH is 1. The van der Waals surface area contributed by atoms with Gasteiger partial charge in [-0.3, -0.25) is 14.5 Å². The molecule has 1 aliphatic heterocycles. The van der Waals surface area contributed by atoms with Crippen molar-refractivity contribution in [2.45, 2.75) is 13.0 Å². The van der Waals surface area contributed by atoms with Gasteiger partial charge >= 0.3 is 5.97 Å². The van der Waals surface area contributed by atoms with Crippen LogP contribution in [0.4, 0.5) is 5.69 Å². The van der Waals surface area contributed by atoms with Crippen LogP contribution < -0.4 is 9.64 Å². The van der Waals surface area contributed by atoms with E-state index in [9.17, 15) is 19.5 Å². The van der Waals surface area contributed by atoms with Crippen molar-refractivity contribution in [2.75, 3.05) is 18.6 Å². The topological polar surface area (TPSA) is 93.1 Å². The van der Waals surface area contributed by atoms with Crippen molar-refractivity contribution in [1.29, 1.82) is 0 Å². The van der Waals surface area contributed by atoms with Gasteiger partial charge in [-0.05, 0) is 67.1 Å². The van der Waals surface area contributed by atoms with E-state index in [4.69, 9.17) is 21.1 Å². The Bertz CT molecular complexity index is 1330. The zero-order chi connectivity index (χ0) is 25.1. The lowest BCUT2D eigenvalue weighted by atomic mass is 9.95. The number of halogens is 1. The summed E-state index contributed by atoms with van der Waals surface area (Å²) in [5.74, 6) is -2.07. The maximum absolute atomic E-state index is 13.3. The number of aliphatic hydroxyl groups is 1. The molecule has 1 aliphatic rings. The summed E-state index contributed by atoms with van der Waals surface area (Å²) in [4.78, 5) is 40.2. The first-order valence-electron chi connectivity index (χ1n) is 10.8. The number of methoxy groups -OCH3 is 1. The minimum atomic E-state index is -0.974. The van der Waals surface area contributed by atoms with E-state index >= 15 is 0 Å². The molecule has 8 heteroatoms. The monoisotopic (exact) mass is 491 g/mol. The Morgan fingerprint density at radius 1 is 1.00 bits per heavy atom. The maximum Gasteiger partial charge on any atom is 0.338 e. The van der Waals surface area contributed by atoms with E-state index in [2.05, 4.69) is 0 Å². The zero-order valence-corrected chi connectivity index (χ0v) is 19.8. The van der Waals surface area contributed by atoms with E-state index in [1.54, 1.807) is 73.7 Å². The quantitative estimate of drug-likeness (QED) is 0.222. The fourth-order valence-electron chi connectivity index (χ4n) is 3.99. The summed E-state index contributed by atoms with van der Waals surface area (Å²) in [5, 5.41) is 11.6. The number of nitrogens with zero attached hydrogens (tertiary/aromatic N) is 1. The summed E-state index contributed by atoms with van der Waals surface area (Å²) >= 11 is 5.97. The number of ketones is 1. The van der Waals surface area contributed by atoms with E-state index in [0.717, 1.165) is 0 Å². The number of carbonyl (C=O) groups excluding carboxylic acids is 3. The number of carbonyl (C=O) groups is 3. The Kier molecular flexibility index (Phi) is 6.89. The zero-order valence-electron chi connectivity index (χ0n) is 19.0. The van der Waals surface area contributed by atoms with Gasteiger partial charge in [-0.2, -0.15) is 0 Å². The highest BCUT2D eigenvalue weighted by Gasteiger charge is 2.47. The van der Waals surface area contributed by atoms with Crippen LogP contribution in [0.3, 0.4) is 0 Å². The molecule has 4 rings (SSSR count). The lowest BCUT2D eigenvalue weighted by Crippen LogP contribution is -2.29. The fraction of sp³-hybridized carbons (Fsp3) is 0.148. The number of esters is 1. The first kappa shape index (κ1) is 24.0. The van der Waals surface area contributed by atoms with Crippen LogP contribution in [0, 0.1) is 0 Å². The number of rotatable bonds is 6. The van der Waals surface area contributed by atoms with E-state index in [1.807, 2.05) is 0 Å². The standard InChI is InChI=1S/C27H22ClNO6/c1-3-35-27(33)18-7-4-8-20(14-18)29-23(17-6-5-9-21(15-17)34-2)22(25(31)26(29)32)24(30)16-10-12-19(28)13-11-16/h4-15,23,30H,3H2,1-2H3/b24-22+. The molecule has 1 N–H and O–H groups in total. The average Bonchev–Trinajstić information content (AvgIpc) is 3.14. The molecule has 178 valence electrons. The second kappa shape index (κ2) is 10.0. The Labute approximate surface area is 207 Å². The first-order valence-corrected chi connectivity index (χ1v) is 11.2. The van der Waals surface area contributed by atoms with Gasteiger partial charge in [0.2, 0.25) is 0 Å². The van der Waals surface area contributed by atoms with Crippen LogP contribution in [-0.4, -0.2) is 36.5 Å². The van der Waals surface area contributed by atoms with Crippen molar-refractivity contribution in [1.82, 2.24) is 0 Å². The molecule has 0 spiro atoms. The number of Topliss-reactive ketones (excluding diaryl/α,β-unsaturated/α-hetero) is 1. The first-order chi connectivity index (χ1) is 16.8. The number of hydrogen-bond acceptors (Lipinski definition) is 6. The minimum absolute atomic E-state index is 0.0906. The molecule has 0 aliphatic carbocycles. The van der Waals surface area contributed by atoms with Crippen molar-refractivity contribution in [2.24, 2.45) is 0 Å². The van der Waals surface area contributed by atoms with Gasteiger partial charge in [-0.15, -0.1) is 0 Å². The van der Waals surface area contributed by atoms with Gasteiger partial charge in [0.25, 0.3) is 11.7 Å². The lowest BCUT2D eigenvalue weighted by Gasteiger charge is -2.26. The summed E-state index contributed by atoms with van der Waals surface area (Å²) in [6, 6.07) is 18.5. The van der Waals surface area contributed by atoms with Crippen LogP contribution in [-0.2, 0) is 14.3 Å². The molecule has 1 atom stereocenters. The van der Waals surface area contributed by atoms with Crippen molar-refractivity contribution >= 4 is 40.7 Å². The summed E-state index contributed by atoms with van der Waals surface area (Å²) in [6.45, 7) is 1.89. The van der Waals surface area contributed by atoms with Crippen molar-refractivity contribution in [3.05, 3.63) is 100 Å². The number of ether oxygens (including phenoxy) is 2. The molecular weight excluding hydrogens is 470 g/mol. The van der Waals surface area contributed by atoms with Gasteiger partial charge in [0.1, 0.15) is 11.5 Å². The molecule has 3 aromatic carbocycles. The molecule has 35 heavy (non-hydrogen) atoms. The summed E-state index contributed by atoms with van der Waals surface area (Å²) < 4.78 is 10.4. The average molecular weight is 492 g/mol. The number of hydrogen-bond donors (Lipinski definition) is 1. The largest absolute Gasteiger partial charge is 0.507 e. The third-order valence-corrected chi connectivity index (χ3v) is 5.86. The van der Waals surface area contributed by atoms with E-state index in [0.29, 0.717) is 27.6 Å². The maximum atomic E-state index is 13.3. The summed E-state index contributed by atoms with van der Waals surface area (Å²) in [6.07, 6.45) is 0. The molecule has 0 radical (unpaired) electrons. The fourth-order valence-corrected chi connectivity index (χ4v) is 4.11. The molecule has 1 unspecified atom stereocenters. The molecule has 1 amide bonds. The van der Waals surface area contributed by atoms with Crippen LogP contribution in [0.1, 0.15) is 34.5 Å². The molecule has 1 fully saturated rings. The third kappa shape index (κ3) is 4.63. The van der Waals surface area contributed by atoms with Crippen LogP contribution in [0.15, 0.2) is 78.4 Å². The predicted octanol–water partition coefficient (Wildman–Crippen LogP) is 5.15. The lowest BCUT2D eigenvalue weighted by molar-refractivity contribution is -0.132. The van der Waals surface area contributed by atoms with Crippen LogP contribution in [0.25, 0.3) is 5.76 Å². The molecule has 0 aromatic heterocycles. The van der Waals surface area contributed by atoms with Gasteiger partial charge in [0, 0.05) is 16.3 Å². The number of amides is 1. The summed E-state index contributed by atoms with van der Waals surface area (Å²) in [7, 11) is 1.51. The highest BCUT2D eigenvalue weighted by atomic mass is 35.5. The number of anilines is 1. The third-order valence-electron chi connectivity index (χ3n) is 5.61. The highest BCUT2D eigenvalue weighted by Crippen LogP contribution is 2.43. The van der Waals surface area contributed by atoms with Gasteiger partial charge in [-0.1, -0.05) is 29.8 Å². The Hall–Kier alpha value is -4.10. The Balaban J connectivity index is 1.92. The van der Waals surface area contributed by atoms with Gasteiger partial charge < -0.3 is 14.6 Å². The highest BCUT2D eigenvalue weighted by molar-refractivity contribution is 6.51. The SMILES string of the molecule is CCOC(=O)c1cccc(N2C(=O)C(=O)/C(=C(/O)c3ccc(Cl)cc3)C2c2cccc(OC)c2)c1. The molecule has 0 bridgehead atoms. The molecular formula is C27H22ClNO6.